The van der Waals surface area contributed by atoms with Gasteiger partial charge in [0.15, 0.2) is 0 Å². The van der Waals surface area contributed by atoms with Crippen LogP contribution in [-0.2, 0) is 17.6 Å². The van der Waals surface area contributed by atoms with Gasteiger partial charge in [-0.2, -0.15) is 0 Å². The summed E-state index contributed by atoms with van der Waals surface area (Å²) >= 11 is 0. The zero-order valence-electron chi connectivity index (χ0n) is 17.7. The van der Waals surface area contributed by atoms with E-state index in [4.69, 9.17) is 0 Å². The van der Waals surface area contributed by atoms with E-state index in [1.54, 1.807) is 6.20 Å². The molecule has 3 N–H and O–H groups in total. The molecule has 0 aliphatic rings. The van der Waals surface area contributed by atoms with Crippen molar-refractivity contribution in [2.24, 2.45) is 0 Å². The molecule has 0 aliphatic heterocycles. The number of pyridine rings is 1. The number of benzene rings is 2. The van der Waals surface area contributed by atoms with Crippen LogP contribution in [0.5, 0.6) is 0 Å². The largest absolute Gasteiger partial charge is 0.465 e. The van der Waals surface area contributed by atoms with Crippen molar-refractivity contribution in [2.75, 3.05) is 0 Å². The Kier molecular flexibility index (Phi) is 8.57. The molecule has 3 rings (SSSR count). The van der Waals surface area contributed by atoms with Gasteiger partial charge in [0.1, 0.15) is 6.04 Å². The summed E-state index contributed by atoms with van der Waals surface area (Å²) in [6.07, 6.45) is 5.97. The van der Waals surface area contributed by atoms with E-state index < -0.39 is 12.1 Å². The summed E-state index contributed by atoms with van der Waals surface area (Å²) in [4.78, 5) is 28.6. The number of hydrogen-bond donors (Lipinski definition) is 3. The maximum atomic E-state index is 13.0. The van der Waals surface area contributed by atoms with Crippen LogP contribution in [0, 0.1) is 0 Å². The minimum Gasteiger partial charge on any atom is -0.465 e. The second-order valence-corrected chi connectivity index (χ2v) is 7.44. The number of aromatic nitrogens is 1. The highest BCUT2D eigenvalue weighted by molar-refractivity contribution is 5.86. The highest BCUT2D eigenvalue weighted by atomic mass is 16.4. The summed E-state index contributed by atoms with van der Waals surface area (Å²) < 4.78 is 0. The molecule has 6 heteroatoms. The predicted octanol–water partition coefficient (Wildman–Crippen LogP) is 4.09. The smallest absolute Gasteiger partial charge is 0.405 e. The van der Waals surface area contributed by atoms with Crippen LogP contribution in [0.1, 0.15) is 23.2 Å². The summed E-state index contributed by atoms with van der Waals surface area (Å²) in [6, 6.07) is 23.8. The first-order valence-electron chi connectivity index (χ1n) is 10.6. The Bertz CT molecular complexity index is 1010. The first-order chi connectivity index (χ1) is 15.6. The highest BCUT2D eigenvalue weighted by Gasteiger charge is 2.23. The third-order valence-corrected chi connectivity index (χ3v) is 5.00. The van der Waals surface area contributed by atoms with Gasteiger partial charge in [0.2, 0.25) is 5.91 Å². The standard InChI is InChI=1S/C26H27N3O3/c30-25(24(29-26(31)32)19-21-11-5-2-6-12-21)28-23(15-14-20-9-3-1-4-10-20)17-16-22-13-7-8-18-27-22/h1-13,16-18,23-24,29H,14-15,19H2,(H,28,30)(H,31,32)/b17-16+/t23-,24-/m0/s1. The Morgan fingerprint density at radius 2 is 1.53 bits per heavy atom. The second kappa shape index (κ2) is 12.1. The molecule has 2 atom stereocenters. The number of amides is 2. The zero-order chi connectivity index (χ0) is 22.6. The van der Waals surface area contributed by atoms with Gasteiger partial charge in [-0.25, -0.2) is 4.79 Å². The first kappa shape index (κ1) is 22.7. The van der Waals surface area contributed by atoms with Crippen molar-refractivity contribution < 1.29 is 14.7 Å². The normalized spacial score (nSPS) is 12.8. The van der Waals surface area contributed by atoms with E-state index in [2.05, 4.69) is 15.6 Å². The maximum Gasteiger partial charge on any atom is 0.405 e. The number of carbonyl (C=O) groups excluding carboxylic acids is 1. The maximum absolute atomic E-state index is 13.0. The van der Waals surface area contributed by atoms with Gasteiger partial charge in [-0.15, -0.1) is 0 Å². The van der Waals surface area contributed by atoms with E-state index in [0.29, 0.717) is 6.42 Å². The molecule has 3 aromatic rings. The number of carboxylic acid groups (broad SMARTS) is 1. The predicted molar refractivity (Wildman–Crippen MR) is 125 cm³/mol. The van der Waals surface area contributed by atoms with Crippen LogP contribution in [-0.4, -0.2) is 34.2 Å². The number of aryl methyl sites for hydroxylation is 1. The number of nitrogens with zero attached hydrogens (tertiary/aromatic N) is 1. The minimum absolute atomic E-state index is 0.272. The lowest BCUT2D eigenvalue weighted by Crippen LogP contribution is -2.50. The van der Waals surface area contributed by atoms with Gasteiger partial charge in [0.05, 0.1) is 5.69 Å². The fourth-order valence-corrected chi connectivity index (χ4v) is 3.36. The summed E-state index contributed by atoms with van der Waals surface area (Å²) in [5.41, 5.74) is 2.84. The van der Waals surface area contributed by atoms with Crippen molar-refractivity contribution in [1.29, 1.82) is 0 Å². The first-order valence-corrected chi connectivity index (χ1v) is 10.6. The fourth-order valence-electron chi connectivity index (χ4n) is 3.36. The van der Waals surface area contributed by atoms with Crippen molar-refractivity contribution in [3.63, 3.8) is 0 Å². The van der Waals surface area contributed by atoms with Crippen LogP contribution in [0.4, 0.5) is 4.79 Å². The molecule has 2 aromatic carbocycles. The van der Waals surface area contributed by atoms with Crippen LogP contribution in [0.25, 0.3) is 6.08 Å². The molecule has 0 fully saturated rings. The van der Waals surface area contributed by atoms with Gasteiger partial charge in [-0.05, 0) is 42.2 Å². The Morgan fingerprint density at radius 3 is 2.16 bits per heavy atom. The van der Waals surface area contributed by atoms with Crippen molar-refractivity contribution in [3.05, 3.63) is 108 Å². The van der Waals surface area contributed by atoms with E-state index in [1.807, 2.05) is 91.0 Å². The minimum atomic E-state index is -1.23. The number of rotatable bonds is 10. The molecule has 32 heavy (non-hydrogen) atoms. The molecule has 6 nitrogen and oxygen atoms in total. The molecule has 0 bridgehead atoms. The Balaban J connectivity index is 1.72. The summed E-state index contributed by atoms with van der Waals surface area (Å²) in [5.74, 6) is -0.361. The van der Waals surface area contributed by atoms with Gasteiger partial charge < -0.3 is 15.7 Å². The van der Waals surface area contributed by atoms with Gasteiger partial charge in [0, 0.05) is 18.7 Å². The average molecular weight is 430 g/mol. The molecule has 2 amide bonds. The Labute approximate surface area is 188 Å². The van der Waals surface area contributed by atoms with Crippen molar-refractivity contribution in [2.45, 2.75) is 31.3 Å². The van der Waals surface area contributed by atoms with Crippen molar-refractivity contribution in [1.82, 2.24) is 15.6 Å². The number of nitrogens with one attached hydrogen (secondary N) is 2. The SMILES string of the molecule is O=C(O)N[C@@H](Cc1ccccc1)C(=O)N[C@H](/C=C/c1ccccn1)CCc1ccccc1. The Morgan fingerprint density at radius 1 is 0.875 bits per heavy atom. The van der Waals surface area contributed by atoms with E-state index in [1.165, 1.54) is 5.56 Å². The van der Waals surface area contributed by atoms with Crippen LogP contribution >= 0.6 is 0 Å². The summed E-state index contributed by atoms with van der Waals surface area (Å²) in [7, 11) is 0. The number of hydrogen-bond acceptors (Lipinski definition) is 3. The molecule has 0 unspecified atom stereocenters. The lowest BCUT2D eigenvalue weighted by atomic mass is 10.0. The third kappa shape index (κ3) is 7.72. The lowest BCUT2D eigenvalue weighted by molar-refractivity contribution is -0.123. The van der Waals surface area contributed by atoms with Crippen LogP contribution in [0.15, 0.2) is 91.1 Å². The Hall–Kier alpha value is -3.93. The van der Waals surface area contributed by atoms with Crippen molar-refractivity contribution in [3.8, 4) is 0 Å². The monoisotopic (exact) mass is 429 g/mol. The molecule has 1 heterocycles. The molecular weight excluding hydrogens is 402 g/mol. The van der Waals surface area contributed by atoms with Crippen LogP contribution < -0.4 is 10.6 Å². The number of carbonyl (C=O) groups is 2. The summed E-state index contributed by atoms with van der Waals surface area (Å²) in [6.45, 7) is 0. The topological polar surface area (TPSA) is 91.3 Å². The van der Waals surface area contributed by atoms with E-state index in [-0.39, 0.29) is 18.4 Å². The molecule has 0 radical (unpaired) electrons. The fraction of sp³-hybridized carbons (Fsp3) is 0.192. The van der Waals surface area contributed by atoms with Gasteiger partial charge in [-0.1, -0.05) is 72.8 Å². The van der Waals surface area contributed by atoms with Gasteiger partial charge >= 0.3 is 6.09 Å². The van der Waals surface area contributed by atoms with Crippen LogP contribution in [0.3, 0.4) is 0 Å². The lowest BCUT2D eigenvalue weighted by Gasteiger charge is -2.21. The second-order valence-electron chi connectivity index (χ2n) is 7.44. The van der Waals surface area contributed by atoms with Crippen LogP contribution in [0.2, 0.25) is 0 Å². The molecule has 1 aromatic heterocycles. The summed E-state index contributed by atoms with van der Waals surface area (Å²) in [5, 5.41) is 14.6. The quantitative estimate of drug-likeness (QED) is 0.453. The molecule has 0 aliphatic carbocycles. The van der Waals surface area contributed by atoms with E-state index >= 15 is 0 Å². The van der Waals surface area contributed by atoms with Gasteiger partial charge in [-0.3, -0.25) is 9.78 Å². The third-order valence-electron chi connectivity index (χ3n) is 5.00. The van der Waals surface area contributed by atoms with Gasteiger partial charge in [0.25, 0.3) is 0 Å². The molecular formula is C26H27N3O3. The molecule has 0 spiro atoms. The molecule has 0 saturated heterocycles. The van der Waals surface area contributed by atoms with E-state index in [0.717, 1.165) is 17.7 Å². The highest BCUT2D eigenvalue weighted by Crippen LogP contribution is 2.09. The molecule has 0 saturated carbocycles. The zero-order valence-corrected chi connectivity index (χ0v) is 17.7. The van der Waals surface area contributed by atoms with Crippen molar-refractivity contribution >= 4 is 18.1 Å². The van der Waals surface area contributed by atoms with E-state index in [9.17, 15) is 14.7 Å². The molecule has 164 valence electrons. The average Bonchev–Trinajstić information content (AvgIpc) is 2.82.